The second-order valence-corrected chi connectivity index (χ2v) is 5.74. The zero-order valence-electron chi connectivity index (χ0n) is 14.3. The number of carbonyl (C=O) groups excluding carboxylic acids is 3. The van der Waals surface area contributed by atoms with Gasteiger partial charge in [0.15, 0.2) is 6.61 Å². The smallest absolute Gasteiger partial charge is 0.331 e. The number of esters is 1. The van der Waals surface area contributed by atoms with E-state index in [9.17, 15) is 24.5 Å². The number of nitrogens with one attached hydrogen (secondary N) is 2. The van der Waals surface area contributed by atoms with Crippen LogP contribution in [0.1, 0.15) is 15.9 Å². The van der Waals surface area contributed by atoms with Gasteiger partial charge >= 0.3 is 5.97 Å². The van der Waals surface area contributed by atoms with Crippen molar-refractivity contribution < 1.29 is 24.0 Å². The fourth-order valence-corrected chi connectivity index (χ4v) is 2.15. The van der Waals surface area contributed by atoms with Gasteiger partial charge in [-0.1, -0.05) is 29.8 Å². The number of nitrogens with zero attached hydrogens (tertiary/aromatic N) is 1. The van der Waals surface area contributed by atoms with E-state index in [-0.39, 0.29) is 11.3 Å². The van der Waals surface area contributed by atoms with E-state index in [1.54, 1.807) is 24.3 Å². The van der Waals surface area contributed by atoms with Gasteiger partial charge in [-0.3, -0.25) is 30.6 Å². The number of hydrogen-bond donors (Lipinski definition) is 2. The van der Waals surface area contributed by atoms with Gasteiger partial charge in [-0.2, -0.15) is 0 Å². The molecule has 2 N–H and O–H groups in total. The van der Waals surface area contributed by atoms with Crippen molar-refractivity contribution in [3.63, 3.8) is 0 Å². The minimum atomic E-state index is -0.789. The number of hydrazine groups is 1. The van der Waals surface area contributed by atoms with E-state index in [0.717, 1.165) is 12.1 Å². The van der Waals surface area contributed by atoms with Gasteiger partial charge < -0.3 is 4.74 Å². The molecule has 2 amide bonds. The van der Waals surface area contributed by atoms with Crippen molar-refractivity contribution in [2.75, 3.05) is 6.61 Å². The second-order valence-electron chi connectivity index (χ2n) is 5.31. The Hall–Kier alpha value is -3.72. The number of nitro benzene ring substituents is 1. The molecule has 0 saturated heterocycles. The molecule has 2 rings (SSSR count). The van der Waals surface area contributed by atoms with Crippen LogP contribution in [0.25, 0.3) is 6.08 Å². The lowest BCUT2D eigenvalue weighted by molar-refractivity contribution is -0.384. The van der Waals surface area contributed by atoms with Crippen molar-refractivity contribution in [3.8, 4) is 0 Å². The molecular formula is C18H14ClN3O6. The predicted molar refractivity (Wildman–Crippen MR) is 100 cm³/mol. The molecule has 0 aliphatic rings. The largest absolute Gasteiger partial charge is 0.452 e. The highest BCUT2D eigenvalue weighted by Crippen LogP contribution is 2.13. The molecule has 10 heteroatoms. The average Bonchev–Trinajstić information content (AvgIpc) is 2.69. The summed E-state index contributed by atoms with van der Waals surface area (Å²) in [6.07, 6.45) is 2.59. The van der Waals surface area contributed by atoms with Crippen molar-refractivity contribution >= 4 is 41.1 Å². The van der Waals surface area contributed by atoms with Gasteiger partial charge in [-0.25, -0.2) is 4.79 Å². The van der Waals surface area contributed by atoms with Gasteiger partial charge in [-0.05, 0) is 29.8 Å². The number of hydrogen-bond acceptors (Lipinski definition) is 6. The Labute approximate surface area is 164 Å². The summed E-state index contributed by atoms with van der Waals surface area (Å²) < 4.78 is 4.73. The second kappa shape index (κ2) is 9.83. The predicted octanol–water partition coefficient (Wildman–Crippen LogP) is 2.27. The molecular weight excluding hydrogens is 390 g/mol. The van der Waals surface area contributed by atoms with Crippen LogP contribution in [0.3, 0.4) is 0 Å². The van der Waals surface area contributed by atoms with Crippen molar-refractivity contribution in [1.82, 2.24) is 10.9 Å². The summed E-state index contributed by atoms with van der Waals surface area (Å²) in [6.45, 7) is -0.631. The number of carbonyl (C=O) groups is 3. The maximum atomic E-state index is 11.9. The standard InChI is InChI=1S/C18H14ClN3O6/c19-14-5-1-3-12(9-14)7-8-17(24)28-11-16(23)20-21-18(25)13-4-2-6-15(10-13)22(26)27/h1-10H,11H2,(H,20,23)(H,21,25)/b8-7+. The van der Waals surface area contributed by atoms with E-state index in [0.29, 0.717) is 10.6 Å². The molecule has 144 valence electrons. The first kappa shape index (κ1) is 20.6. The summed E-state index contributed by atoms with van der Waals surface area (Å²) in [5.74, 6) is -2.31. The Morgan fingerprint density at radius 2 is 1.86 bits per heavy atom. The topological polar surface area (TPSA) is 128 Å². The number of rotatable bonds is 6. The van der Waals surface area contributed by atoms with Crippen molar-refractivity contribution in [2.24, 2.45) is 0 Å². The van der Waals surface area contributed by atoms with Gasteiger partial charge in [0.2, 0.25) is 0 Å². The lowest BCUT2D eigenvalue weighted by Crippen LogP contribution is -2.43. The Morgan fingerprint density at radius 1 is 1.11 bits per heavy atom. The molecule has 0 unspecified atom stereocenters. The van der Waals surface area contributed by atoms with Crippen LogP contribution in [-0.4, -0.2) is 29.3 Å². The Kier molecular flexibility index (Phi) is 7.23. The zero-order valence-corrected chi connectivity index (χ0v) is 15.0. The molecule has 0 spiro atoms. The molecule has 0 fully saturated rings. The summed E-state index contributed by atoms with van der Waals surface area (Å²) in [4.78, 5) is 45.1. The highest BCUT2D eigenvalue weighted by Gasteiger charge is 2.12. The van der Waals surface area contributed by atoms with Gasteiger partial charge in [-0.15, -0.1) is 0 Å². The Morgan fingerprint density at radius 3 is 2.57 bits per heavy atom. The van der Waals surface area contributed by atoms with E-state index >= 15 is 0 Å². The summed E-state index contributed by atoms with van der Waals surface area (Å²) in [5.41, 5.74) is 4.50. The highest BCUT2D eigenvalue weighted by molar-refractivity contribution is 6.30. The van der Waals surface area contributed by atoms with Gasteiger partial charge in [0, 0.05) is 28.8 Å². The first-order valence-corrected chi connectivity index (χ1v) is 8.17. The monoisotopic (exact) mass is 403 g/mol. The molecule has 28 heavy (non-hydrogen) atoms. The molecule has 2 aromatic rings. The van der Waals surface area contributed by atoms with Gasteiger partial charge in [0.1, 0.15) is 0 Å². The Bertz CT molecular complexity index is 944. The van der Waals surface area contributed by atoms with Crippen LogP contribution in [0.5, 0.6) is 0 Å². The van der Waals surface area contributed by atoms with Crippen LogP contribution < -0.4 is 10.9 Å². The minimum Gasteiger partial charge on any atom is -0.452 e. The van der Waals surface area contributed by atoms with E-state index in [1.807, 2.05) is 5.43 Å². The maximum Gasteiger partial charge on any atom is 0.331 e. The normalized spacial score (nSPS) is 10.3. The van der Waals surface area contributed by atoms with Crippen LogP contribution in [0.15, 0.2) is 54.6 Å². The van der Waals surface area contributed by atoms with Gasteiger partial charge in [0.05, 0.1) is 4.92 Å². The first-order valence-electron chi connectivity index (χ1n) is 7.79. The molecule has 9 nitrogen and oxygen atoms in total. The van der Waals surface area contributed by atoms with E-state index in [4.69, 9.17) is 16.3 Å². The van der Waals surface area contributed by atoms with Crippen molar-refractivity contribution in [2.45, 2.75) is 0 Å². The molecule has 0 atom stereocenters. The third-order valence-electron chi connectivity index (χ3n) is 3.24. The molecule has 0 aromatic heterocycles. The summed E-state index contributed by atoms with van der Waals surface area (Å²) in [5, 5.41) is 11.2. The first-order chi connectivity index (χ1) is 13.3. The van der Waals surface area contributed by atoms with Crippen LogP contribution >= 0.6 is 11.6 Å². The highest BCUT2D eigenvalue weighted by atomic mass is 35.5. The fraction of sp³-hybridized carbons (Fsp3) is 0.0556. The summed E-state index contributed by atoms with van der Waals surface area (Å²) in [7, 11) is 0. The van der Waals surface area contributed by atoms with Crippen LogP contribution in [0.2, 0.25) is 5.02 Å². The molecule has 0 bridgehead atoms. The Balaban J connectivity index is 1.77. The van der Waals surface area contributed by atoms with E-state index in [2.05, 4.69) is 5.43 Å². The lowest BCUT2D eigenvalue weighted by Gasteiger charge is -2.07. The van der Waals surface area contributed by atoms with Crippen LogP contribution in [0, 0.1) is 10.1 Å². The van der Waals surface area contributed by atoms with E-state index in [1.165, 1.54) is 24.3 Å². The third-order valence-corrected chi connectivity index (χ3v) is 3.48. The number of nitro groups is 1. The lowest BCUT2D eigenvalue weighted by atomic mass is 10.2. The number of non-ortho nitro benzene ring substituents is 1. The molecule has 0 aliphatic carbocycles. The maximum absolute atomic E-state index is 11.9. The van der Waals surface area contributed by atoms with Crippen molar-refractivity contribution in [3.05, 3.63) is 80.9 Å². The SMILES string of the molecule is O=C(COC(=O)/C=C/c1cccc(Cl)c1)NNC(=O)c1cccc([N+](=O)[O-])c1. The quantitative estimate of drug-likeness (QED) is 0.329. The summed E-state index contributed by atoms with van der Waals surface area (Å²) in [6, 6.07) is 11.7. The zero-order chi connectivity index (χ0) is 20.5. The van der Waals surface area contributed by atoms with E-state index < -0.39 is 29.3 Å². The van der Waals surface area contributed by atoms with Crippen LogP contribution in [-0.2, 0) is 14.3 Å². The third kappa shape index (κ3) is 6.54. The molecule has 2 aromatic carbocycles. The number of ether oxygens (including phenoxy) is 1. The van der Waals surface area contributed by atoms with Crippen LogP contribution in [0.4, 0.5) is 5.69 Å². The minimum absolute atomic E-state index is 0.0176. The molecule has 0 saturated carbocycles. The van der Waals surface area contributed by atoms with Crippen molar-refractivity contribution in [1.29, 1.82) is 0 Å². The summed E-state index contributed by atoms with van der Waals surface area (Å²) >= 11 is 5.82. The number of halogens is 1. The fourth-order valence-electron chi connectivity index (χ4n) is 1.95. The number of benzene rings is 2. The molecule has 0 heterocycles. The molecule has 0 aliphatic heterocycles. The number of amides is 2. The van der Waals surface area contributed by atoms with Gasteiger partial charge in [0.25, 0.3) is 17.5 Å². The molecule has 0 radical (unpaired) electrons. The average molecular weight is 404 g/mol.